The summed E-state index contributed by atoms with van der Waals surface area (Å²) < 4.78 is 30.0. The Morgan fingerprint density at radius 1 is 1.50 bits per heavy atom. The number of hydrogen-bond acceptors (Lipinski definition) is 2. The highest BCUT2D eigenvalue weighted by Gasteiger charge is 2.14. The molecule has 14 heavy (non-hydrogen) atoms. The largest absolute Gasteiger partial charge is 0.493 e. The number of benzene rings is 1. The third-order valence-electron chi connectivity index (χ3n) is 1.77. The number of alkyl halides is 1. The quantitative estimate of drug-likeness (QED) is 0.853. The molecule has 2 N–H and O–H groups in total. The van der Waals surface area contributed by atoms with Crippen LogP contribution in [0.3, 0.4) is 0 Å². The molecule has 1 aromatic carbocycles. The van der Waals surface area contributed by atoms with E-state index in [0.29, 0.717) is 5.56 Å². The lowest BCUT2D eigenvalue weighted by atomic mass is 10.1. The van der Waals surface area contributed by atoms with E-state index in [9.17, 15) is 8.78 Å². The molecule has 0 aromatic heterocycles. The minimum Gasteiger partial charge on any atom is -0.493 e. The third-order valence-corrected chi connectivity index (χ3v) is 1.77. The first-order chi connectivity index (χ1) is 6.20. The van der Waals surface area contributed by atoms with Gasteiger partial charge >= 0.3 is 0 Å². The molecule has 0 radical (unpaired) electrons. The zero-order valence-corrected chi connectivity index (χ0v) is 8.48. The van der Waals surface area contributed by atoms with E-state index >= 15 is 0 Å². The van der Waals surface area contributed by atoms with Crippen LogP contribution in [-0.2, 0) is 0 Å². The van der Waals surface area contributed by atoms with Crippen LogP contribution >= 0.6 is 12.4 Å². The maximum atomic E-state index is 13.0. The average molecular weight is 224 g/mol. The van der Waals surface area contributed by atoms with Gasteiger partial charge in [0, 0.05) is 5.56 Å². The fraction of sp³-hybridized carbons (Fsp3) is 0.333. The van der Waals surface area contributed by atoms with Gasteiger partial charge in [-0.15, -0.1) is 12.4 Å². The molecule has 0 aliphatic rings. The molecular weight excluding hydrogens is 212 g/mol. The van der Waals surface area contributed by atoms with Gasteiger partial charge in [0.25, 0.3) is 0 Å². The van der Waals surface area contributed by atoms with Gasteiger partial charge < -0.3 is 10.5 Å². The van der Waals surface area contributed by atoms with E-state index in [0.717, 1.165) is 0 Å². The van der Waals surface area contributed by atoms with Crippen LogP contribution in [0, 0.1) is 5.82 Å². The second-order valence-electron chi connectivity index (χ2n) is 2.62. The molecule has 0 aliphatic heterocycles. The highest BCUT2D eigenvalue weighted by atomic mass is 35.5. The maximum absolute atomic E-state index is 13.0. The van der Waals surface area contributed by atoms with Crippen LogP contribution in [0.5, 0.6) is 5.75 Å². The molecule has 1 atom stereocenters. The van der Waals surface area contributed by atoms with Crippen LogP contribution in [0.2, 0.25) is 0 Å². The Morgan fingerprint density at radius 3 is 2.64 bits per heavy atom. The summed E-state index contributed by atoms with van der Waals surface area (Å²) in [5.41, 5.74) is 5.77. The van der Waals surface area contributed by atoms with Crippen molar-refractivity contribution in [3.63, 3.8) is 0 Å². The molecule has 0 amide bonds. The second-order valence-corrected chi connectivity index (χ2v) is 2.62. The Bertz CT molecular complexity index is 296. The number of hydrogen-bond donors (Lipinski definition) is 1. The fourth-order valence-electron chi connectivity index (χ4n) is 1.12. The van der Waals surface area contributed by atoms with Gasteiger partial charge in [-0.1, -0.05) is 12.1 Å². The maximum Gasteiger partial charge on any atom is 0.165 e. The van der Waals surface area contributed by atoms with E-state index in [1.807, 2.05) is 0 Å². The topological polar surface area (TPSA) is 35.2 Å². The molecule has 1 rings (SSSR count). The van der Waals surface area contributed by atoms with Crippen molar-refractivity contribution in [2.45, 2.75) is 6.04 Å². The van der Waals surface area contributed by atoms with E-state index in [2.05, 4.69) is 0 Å². The smallest absolute Gasteiger partial charge is 0.165 e. The van der Waals surface area contributed by atoms with E-state index in [4.69, 9.17) is 10.5 Å². The molecule has 1 aromatic rings. The fourth-order valence-corrected chi connectivity index (χ4v) is 1.12. The second kappa shape index (κ2) is 5.78. The van der Waals surface area contributed by atoms with Gasteiger partial charge in [0.15, 0.2) is 11.6 Å². The van der Waals surface area contributed by atoms with Gasteiger partial charge in [-0.3, -0.25) is 0 Å². The van der Waals surface area contributed by atoms with Crippen LogP contribution in [-0.4, -0.2) is 13.8 Å². The summed E-state index contributed by atoms with van der Waals surface area (Å²) in [7, 11) is 1.33. The molecule has 0 saturated carbocycles. The van der Waals surface area contributed by atoms with Crippen LogP contribution in [0.1, 0.15) is 11.6 Å². The van der Waals surface area contributed by atoms with Gasteiger partial charge in [-0.25, -0.2) is 8.78 Å². The monoisotopic (exact) mass is 223 g/mol. The van der Waals surface area contributed by atoms with E-state index < -0.39 is 18.5 Å². The van der Waals surface area contributed by atoms with Crippen LogP contribution in [0.15, 0.2) is 18.2 Å². The zero-order chi connectivity index (χ0) is 9.84. The van der Waals surface area contributed by atoms with Crippen molar-refractivity contribution in [3.05, 3.63) is 29.6 Å². The minimum atomic E-state index is -0.828. The first-order valence-electron chi connectivity index (χ1n) is 3.84. The molecular formula is C9H12ClF2NO. The molecule has 0 unspecified atom stereocenters. The number of halogens is 3. The van der Waals surface area contributed by atoms with Gasteiger partial charge in [0.1, 0.15) is 6.67 Å². The summed E-state index contributed by atoms with van der Waals surface area (Å²) in [5.74, 6) is -0.503. The normalized spacial score (nSPS) is 11.7. The number of rotatable bonds is 3. The summed E-state index contributed by atoms with van der Waals surface area (Å²) in [4.78, 5) is 0. The lowest BCUT2D eigenvalue weighted by molar-refractivity contribution is 0.367. The Kier molecular flexibility index (Phi) is 5.42. The molecule has 5 heteroatoms. The van der Waals surface area contributed by atoms with Gasteiger partial charge in [-0.2, -0.15) is 0 Å². The molecule has 0 fully saturated rings. The van der Waals surface area contributed by atoms with Crippen molar-refractivity contribution in [2.24, 2.45) is 5.73 Å². The first-order valence-corrected chi connectivity index (χ1v) is 3.84. The summed E-state index contributed by atoms with van der Waals surface area (Å²) >= 11 is 0. The Hall–Kier alpha value is -0.870. The molecule has 0 bridgehead atoms. The van der Waals surface area contributed by atoms with Crippen molar-refractivity contribution in [2.75, 3.05) is 13.8 Å². The Balaban J connectivity index is 0.00000169. The highest BCUT2D eigenvalue weighted by Crippen LogP contribution is 2.26. The van der Waals surface area contributed by atoms with Crippen LogP contribution in [0.25, 0.3) is 0 Å². The first kappa shape index (κ1) is 13.1. The molecule has 0 aliphatic carbocycles. The van der Waals surface area contributed by atoms with Gasteiger partial charge in [-0.05, 0) is 6.07 Å². The van der Waals surface area contributed by atoms with Gasteiger partial charge in [0.05, 0.1) is 13.2 Å². The summed E-state index contributed by atoms with van der Waals surface area (Å²) in [5, 5.41) is 0. The van der Waals surface area contributed by atoms with E-state index in [1.165, 1.54) is 19.2 Å². The molecule has 2 nitrogen and oxygen atoms in total. The Morgan fingerprint density at radius 2 is 2.14 bits per heavy atom. The predicted octanol–water partition coefficient (Wildman–Crippen LogP) is 2.23. The van der Waals surface area contributed by atoms with Crippen molar-refractivity contribution < 1.29 is 13.5 Å². The summed E-state index contributed by atoms with van der Waals surface area (Å²) in [6.07, 6.45) is 0. The SMILES string of the molecule is COc1c(F)cccc1[C@H](N)CF.Cl. The Labute approximate surface area is 87.5 Å². The van der Waals surface area contributed by atoms with E-state index in [-0.39, 0.29) is 18.2 Å². The molecule has 0 saturated heterocycles. The minimum absolute atomic E-state index is 0. The predicted molar refractivity (Wildman–Crippen MR) is 53.1 cm³/mol. The standard InChI is InChI=1S/C9H11F2NO.ClH/c1-13-9-6(8(12)5-10)3-2-4-7(9)11;/h2-4,8H,5,12H2,1H3;1H/t8-;/m1./s1. The van der Waals surface area contributed by atoms with Crippen LogP contribution < -0.4 is 10.5 Å². The zero-order valence-electron chi connectivity index (χ0n) is 7.67. The molecule has 80 valence electrons. The van der Waals surface area contributed by atoms with Crippen molar-refractivity contribution in [3.8, 4) is 5.75 Å². The lowest BCUT2D eigenvalue weighted by Crippen LogP contribution is -2.13. The highest BCUT2D eigenvalue weighted by molar-refractivity contribution is 5.85. The summed E-state index contributed by atoms with van der Waals surface area (Å²) in [6, 6.07) is 3.44. The number of para-hydroxylation sites is 1. The number of nitrogens with two attached hydrogens (primary N) is 1. The number of ether oxygens (including phenoxy) is 1. The molecule has 0 heterocycles. The number of methoxy groups -OCH3 is 1. The summed E-state index contributed by atoms with van der Waals surface area (Å²) in [6.45, 7) is -0.736. The van der Waals surface area contributed by atoms with Crippen molar-refractivity contribution in [1.82, 2.24) is 0 Å². The van der Waals surface area contributed by atoms with Crippen molar-refractivity contribution >= 4 is 12.4 Å². The third kappa shape index (κ3) is 2.56. The molecule has 0 spiro atoms. The van der Waals surface area contributed by atoms with Gasteiger partial charge in [0.2, 0.25) is 0 Å². The van der Waals surface area contributed by atoms with Crippen molar-refractivity contribution in [1.29, 1.82) is 0 Å². The average Bonchev–Trinajstić information content (AvgIpc) is 2.16. The van der Waals surface area contributed by atoms with E-state index in [1.54, 1.807) is 6.07 Å². The lowest BCUT2D eigenvalue weighted by Gasteiger charge is -2.12. The van der Waals surface area contributed by atoms with Crippen LogP contribution in [0.4, 0.5) is 8.78 Å².